The molecule has 0 spiro atoms. The summed E-state index contributed by atoms with van der Waals surface area (Å²) >= 11 is 0. The molecule has 1 heterocycles. The van der Waals surface area contributed by atoms with Gasteiger partial charge < -0.3 is 5.11 Å². The highest BCUT2D eigenvalue weighted by molar-refractivity contribution is 4.70. The Bertz CT molecular complexity index is 104. The summed E-state index contributed by atoms with van der Waals surface area (Å²) in [5.41, 5.74) is 0. The van der Waals surface area contributed by atoms with E-state index in [1.807, 2.05) is 13.8 Å². The van der Waals surface area contributed by atoms with Gasteiger partial charge in [-0.1, -0.05) is 6.92 Å². The largest absolute Gasteiger partial charge is 0.363 e. The lowest BCUT2D eigenvalue weighted by Gasteiger charge is -2.14. The van der Waals surface area contributed by atoms with Gasteiger partial charge >= 0.3 is 0 Å². The van der Waals surface area contributed by atoms with E-state index in [1.165, 1.54) is 0 Å². The summed E-state index contributed by atoms with van der Waals surface area (Å²) < 4.78 is 0. The van der Waals surface area contributed by atoms with Gasteiger partial charge in [-0.2, -0.15) is 0 Å². The first-order valence-corrected chi connectivity index (χ1v) is 3.23. The zero-order valence-electron chi connectivity index (χ0n) is 5.76. The Balaban J connectivity index is 2.45. The fraction of sp³-hybridized carbons (Fsp3) is 1.00. The summed E-state index contributed by atoms with van der Waals surface area (Å²) in [5, 5.41) is 9.32. The molecule has 1 aliphatic heterocycles. The van der Waals surface area contributed by atoms with Crippen molar-refractivity contribution in [1.29, 1.82) is 0 Å². The second kappa shape index (κ2) is 2.25. The van der Waals surface area contributed by atoms with Crippen LogP contribution >= 0.6 is 0 Å². The summed E-state index contributed by atoms with van der Waals surface area (Å²) in [6.45, 7) is 3.73. The van der Waals surface area contributed by atoms with Crippen molar-refractivity contribution in [2.45, 2.75) is 38.6 Å². The Morgan fingerprint density at radius 1 is 1.78 bits per heavy atom. The van der Waals surface area contributed by atoms with Crippen LogP contribution in [0.15, 0.2) is 0 Å². The van der Waals surface area contributed by atoms with Crippen LogP contribution in [0.1, 0.15) is 26.7 Å². The molecule has 1 rings (SSSR count). The Labute approximate surface area is 54.5 Å². The van der Waals surface area contributed by atoms with E-state index in [2.05, 4.69) is 4.89 Å². The molecule has 3 heteroatoms. The normalized spacial score (nSPS) is 43.7. The number of hydrogen-bond donors (Lipinski definition) is 1. The second-order valence-electron chi connectivity index (χ2n) is 2.49. The van der Waals surface area contributed by atoms with Crippen LogP contribution in [0, 0.1) is 0 Å². The molecule has 54 valence electrons. The van der Waals surface area contributed by atoms with Gasteiger partial charge in [0.05, 0.1) is 6.10 Å². The van der Waals surface area contributed by atoms with E-state index in [4.69, 9.17) is 4.89 Å². The zero-order valence-corrected chi connectivity index (χ0v) is 5.76. The third-order valence-electron chi connectivity index (χ3n) is 1.53. The summed E-state index contributed by atoms with van der Waals surface area (Å²) in [4.78, 5) is 9.37. The van der Waals surface area contributed by atoms with Crippen molar-refractivity contribution < 1.29 is 14.9 Å². The first-order valence-electron chi connectivity index (χ1n) is 3.23. The topological polar surface area (TPSA) is 38.7 Å². The van der Waals surface area contributed by atoms with E-state index in [9.17, 15) is 5.11 Å². The fourth-order valence-electron chi connectivity index (χ4n) is 0.892. The molecule has 0 radical (unpaired) electrons. The summed E-state index contributed by atoms with van der Waals surface area (Å²) in [6, 6.07) is 0. The van der Waals surface area contributed by atoms with Crippen LogP contribution in [0.3, 0.4) is 0 Å². The van der Waals surface area contributed by atoms with Gasteiger partial charge in [-0.05, 0) is 6.92 Å². The van der Waals surface area contributed by atoms with Gasteiger partial charge in [0, 0.05) is 12.8 Å². The minimum Gasteiger partial charge on any atom is -0.363 e. The van der Waals surface area contributed by atoms with Gasteiger partial charge in [0.25, 0.3) is 0 Å². The van der Waals surface area contributed by atoms with Gasteiger partial charge in [-0.25, -0.2) is 9.78 Å². The molecular weight excluding hydrogens is 120 g/mol. The lowest BCUT2D eigenvalue weighted by Crippen LogP contribution is -2.25. The molecule has 0 bridgehead atoms. The van der Waals surface area contributed by atoms with E-state index in [-0.39, 0.29) is 6.10 Å². The van der Waals surface area contributed by atoms with Crippen LogP contribution in [0.5, 0.6) is 0 Å². The second-order valence-corrected chi connectivity index (χ2v) is 2.49. The summed E-state index contributed by atoms with van der Waals surface area (Å²) in [6.07, 6.45) is 1.18. The molecule has 1 unspecified atom stereocenters. The Morgan fingerprint density at radius 2 is 2.44 bits per heavy atom. The summed E-state index contributed by atoms with van der Waals surface area (Å²) in [5.74, 6) is -1.01. The van der Waals surface area contributed by atoms with Crippen molar-refractivity contribution in [2.75, 3.05) is 0 Å². The van der Waals surface area contributed by atoms with Gasteiger partial charge in [-0.3, -0.25) is 0 Å². The lowest BCUT2D eigenvalue weighted by atomic mass is 10.1. The quantitative estimate of drug-likeness (QED) is 0.537. The maximum atomic E-state index is 9.32. The first kappa shape index (κ1) is 6.99. The van der Waals surface area contributed by atoms with Crippen molar-refractivity contribution in [3.63, 3.8) is 0 Å². The molecule has 0 aromatic carbocycles. The Hall–Kier alpha value is -0.120. The minimum absolute atomic E-state index is 0.0231. The number of hydrogen-bond acceptors (Lipinski definition) is 3. The van der Waals surface area contributed by atoms with E-state index in [0.717, 1.165) is 0 Å². The average Bonchev–Trinajstić information content (AvgIpc) is 2.13. The monoisotopic (exact) mass is 132 g/mol. The van der Waals surface area contributed by atoms with E-state index >= 15 is 0 Å². The van der Waals surface area contributed by atoms with Crippen LogP contribution in [-0.2, 0) is 9.78 Å². The molecule has 1 N–H and O–H groups in total. The molecule has 1 fully saturated rings. The molecule has 0 saturated carbocycles. The van der Waals surface area contributed by atoms with Crippen LogP contribution < -0.4 is 0 Å². The Morgan fingerprint density at radius 3 is 2.67 bits per heavy atom. The van der Waals surface area contributed by atoms with Crippen LogP contribution in [0.4, 0.5) is 0 Å². The molecule has 3 nitrogen and oxygen atoms in total. The molecule has 9 heavy (non-hydrogen) atoms. The minimum atomic E-state index is -1.01. The molecule has 0 amide bonds. The predicted molar refractivity (Wildman–Crippen MR) is 31.5 cm³/mol. The summed E-state index contributed by atoms with van der Waals surface area (Å²) in [7, 11) is 0. The average molecular weight is 132 g/mol. The number of rotatable bonds is 1. The maximum Gasteiger partial charge on any atom is 0.201 e. The van der Waals surface area contributed by atoms with Crippen molar-refractivity contribution in [3.8, 4) is 0 Å². The highest BCUT2D eigenvalue weighted by atomic mass is 17.2. The molecule has 1 saturated heterocycles. The van der Waals surface area contributed by atoms with Gasteiger partial charge in [-0.15, -0.1) is 0 Å². The van der Waals surface area contributed by atoms with E-state index in [1.54, 1.807) is 0 Å². The van der Waals surface area contributed by atoms with Crippen molar-refractivity contribution in [2.24, 2.45) is 0 Å². The van der Waals surface area contributed by atoms with Crippen molar-refractivity contribution in [3.05, 3.63) is 0 Å². The van der Waals surface area contributed by atoms with Crippen molar-refractivity contribution >= 4 is 0 Å². The molecule has 2 atom stereocenters. The van der Waals surface area contributed by atoms with E-state index in [0.29, 0.717) is 12.8 Å². The maximum absolute atomic E-state index is 9.32. The van der Waals surface area contributed by atoms with Crippen LogP contribution in [0.2, 0.25) is 0 Å². The number of aliphatic hydroxyl groups is 1. The van der Waals surface area contributed by atoms with E-state index < -0.39 is 5.79 Å². The molecule has 0 aromatic rings. The lowest BCUT2D eigenvalue weighted by molar-refractivity contribution is -0.377. The zero-order chi connectivity index (χ0) is 6.91. The molecule has 0 aliphatic carbocycles. The van der Waals surface area contributed by atoms with Crippen molar-refractivity contribution in [1.82, 2.24) is 0 Å². The molecule has 0 aromatic heterocycles. The highest BCUT2D eigenvalue weighted by Gasteiger charge is 2.36. The third kappa shape index (κ3) is 1.41. The van der Waals surface area contributed by atoms with Crippen LogP contribution in [0.25, 0.3) is 0 Å². The van der Waals surface area contributed by atoms with Gasteiger partial charge in [0.2, 0.25) is 5.79 Å². The Kier molecular flexibility index (Phi) is 1.75. The molecular formula is C6H12O3. The molecule has 1 aliphatic rings. The SMILES string of the molecule is CCC1(O)C[C@@H](C)OO1. The predicted octanol–water partition coefficient (Wildman–Crippen LogP) is 0.825. The highest BCUT2D eigenvalue weighted by Crippen LogP contribution is 2.27. The van der Waals surface area contributed by atoms with Crippen LogP contribution in [-0.4, -0.2) is 17.0 Å². The third-order valence-corrected chi connectivity index (χ3v) is 1.53. The first-order chi connectivity index (χ1) is 4.16. The fourth-order valence-corrected chi connectivity index (χ4v) is 0.892. The smallest absolute Gasteiger partial charge is 0.201 e. The standard InChI is InChI=1S/C6H12O3/c1-3-6(7)4-5(2)8-9-6/h5,7H,3-4H2,1-2H3/t5-,6?/m1/s1. The van der Waals surface area contributed by atoms with Gasteiger partial charge in [0.15, 0.2) is 0 Å². The van der Waals surface area contributed by atoms with Gasteiger partial charge in [0.1, 0.15) is 0 Å².